The molecule has 140 valence electrons. The van der Waals surface area contributed by atoms with Crippen molar-refractivity contribution >= 4 is 11.4 Å². The number of nitro groups is 1. The number of nitrogens with zero attached hydrogens (tertiary/aromatic N) is 2. The van der Waals surface area contributed by atoms with Crippen LogP contribution in [0.5, 0.6) is 17.2 Å². The summed E-state index contributed by atoms with van der Waals surface area (Å²) in [5, 5.41) is 11.2. The van der Waals surface area contributed by atoms with Crippen molar-refractivity contribution in [2.45, 2.75) is 20.8 Å². The number of methoxy groups -OCH3 is 1. The Morgan fingerprint density at radius 1 is 1.12 bits per heavy atom. The number of hydrogen-bond donors (Lipinski definition) is 0. The van der Waals surface area contributed by atoms with E-state index in [-0.39, 0.29) is 12.5 Å². The lowest BCUT2D eigenvalue weighted by Crippen LogP contribution is -2.11. The van der Waals surface area contributed by atoms with Crippen molar-refractivity contribution in [1.82, 2.24) is 0 Å². The Kier molecular flexibility index (Phi) is 6.05. The Morgan fingerprint density at radius 2 is 1.81 bits per heavy atom. The molecule has 0 fully saturated rings. The summed E-state index contributed by atoms with van der Waals surface area (Å²) in [7, 11) is 5.09. The summed E-state index contributed by atoms with van der Waals surface area (Å²) in [6, 6.07) is 6.61. The highest BCUT2D eigenvalue weighted by atomic mass is 16.7. The van der Waals surface area contributed by atoms with Gasteiger partial charge in [-0.2, -0.15) is 0 Å². The van der Waals surface area contributed by atoms with Gasteiger partial charge >= 0.3 is 0 Å². The molecule has 26 heavy (non-hydrogen) atoms. The van der Waals surface area contributed by atoms with E-state index in [1.54, 1.807) is 38.2 Å². The normalized spacial score (nSPS) is 10.5. The summed E-state index contributed by atoms with van der Waals surface area (Å²) in [5.41, 5.74) is 3.35. The molecule has 0 aliphatic rings. The summed E-state index contributed by atoms with van der Waals surface area (Å²) in [6.07, 6.45) is 0. The molecule has 0 bridgehead atoms. The Bertz CT molecular complexity index is 818. The minimum Gasteiger partial charge on any atom is -0.467 e. The molecule has 2 aromatic carbocycles. The van der Waals surface area contributed by atoms with E-state index in [1.807, 2.05) is 26.8 Å². The largest absolute Gasteiger partial charge is 0.467 e. The van der Waals surface area contributed by atoms with E-state index in [1.165, 1.54) is 6.07 Å². The molecule has 0 heterocycles. The molecule has 7 nitrogen and oxygen atoms in total. The fourth-order valence-corrected chi connectivity index (χ4v) is 2.67. The molecule has 2 rings (SSSR count). The van der Waals surface area contributed by atoms with Crippen molar-refractivity contribution in [3.63, 3.8) is 0 Å². The van der Waals surface area contributed by atoms with Gasteiger partial charge in [0.2, 0.25) is 0 Å². The number of hydrogen-bond acceptors (Lipinski definition) is 6. The molecule has 0 aliphatic carbocycles. The number of aryl methyl sites for hydroxylation is 1. The molecule has 0 saturated carbocycles. The second kappa shape index (κ2) is 8.05. The second-order valence-electron chi connectivity index (χ2n) is 6.23. The summed E-state index contributed by atoms with van der Waals surface area (Å²) in [4.78, 5) is 12.5. The Labute approximate surface area is 153 Å². The van der Waals surface area contributed by atoms with Gasteiger partial charge in [0.1, 0.15) is 22.9 Å². The van der Waals surface area contributed by atoms with E-state index in [4.69, 9.17) is 14.2 Å². The maximum atomic E-state index is 11.2. The summed E-state index contributed by atoms with van der Waals surface area (Å²) in [6.45, 7) is 6.02. The highest BCUT2D eigenvalue weighted by molar-refractivity contribution is 5.65. The first-order chi connectivity index (χ1) is 12.3. The minimum atomic E-state index is -0.402. The van der Waals surface area contributed by atoms with E-state index in [2.05, 4.69) is 0 Å². The fraction of sp³-hybridized carbons (Fsp3) is 0.368. The van der Waals surface area contributed by atoms with Crippen molar-refractivity contribution in [2.24, 2.45) is 0 Å². The highest BCUT2D eigenvalue weighted by Gasteiger charge is 2.18. The molecule has 0 aliphatic heterocycles. The molecule has 2 aromatic rings. The molecular weight excluding hydrogens is 336 g/mol. The maximum Gasteiger partial charge on any atom is 0.292 e. The van der Waals surface area contributed by atoms with Gasteiger partial charge in [0.25, 0.3) is 5.69 Å². The first-order valence-electron chi connectivity index (χ1n) is 8.12. The lowest BCUT2D eigenvalue weighted by Gasteiger charge is -2.18. The molecule has 0 atom stereocenters. The zero-order chi connectivity index (χ0) is 19.4. The minimum absolute atomic E-state index is 0.0368. The van der Waals surface area contributed by atoms with Crippen molar-refractivity contribution < 1.29 is 19.1 Å². The number of nitro benzene ring substituents is 1. The van der Waals surface area contributed by atoms with Crippen LogP contribution in [0.4, 0.5) is 11.4 Å². The van der Waals surface area contributed by atoms with Crippen LogP contribution in [-0.2, 0) is 4.74 Å². The van der Waals surface area contributed by atoms with Crippen LogP contribution in [0.25, 0.3) is 0 Å². The first-order valence-corrected chi connectivity index (χ1v) is 8.12. The molecule has 0 spiro atoms. The molecule has 0 amide bonds. The van der Waals surface area contributed by atoms with E-state index in [0.717, 1.165) is 22.4 Å². The molecular formula is C19H24N2O5. The summed E-state index contributed by atoms with van der Waals surface area (Å²) in [5.74, 6) is 1.99. The van der Waals surface area contributed by atoms with E-state index in [9.17, 15) is 10.1 Å². The predicted octanol–water partition coefficient (Wildman–Crippen LogP) is 4.36. The Morgan fingerprint density at radius 3 is 2.38 bits per heavy atom. The van der Waals surface area contributed by atoms with Crippen LogP contribution in [0, 0.1) is 30.9 Å². The first kappa shape index (κ1) is 19.5. The molecule has 0 aromatic heterocycles. The fourth-order valence-electron chi connectivity index (χ4n) is 2.67. The topological polar surface area (TPSA) is 74.1 Å². The molecule has 0 radical (unpaired) electrons. The van der Waals surface area contributed by atoms with Gasteiger partial charge in [0.15, 0.2) is 6.79 Å². The number of rotatable bonds is 7. The van der Waals surface area contributed by atoms with Gasteiger partial charge in [-0.1, -0.05) is 0 Å². The highest BCUT2D eigenvalue weighted by Crippen LogP contribution is 2.37. The number of benzene rings is 2. The van der Waals surface area contributed by atoms with E-state index in [0.29, 0.717) is 17.2 Å². The van der Waals surface area contributed by atoms with Gasteiger partial charge in [-0.3, -0.25) is 10.1 Å². The number of anilines is 1. The third-order valence-corrected chi connectivity index (χ3v) is 4.15. The van der Waals surface area contributed by atoms with Gasteiger partial charge < -0.3 is 19.1 Å². The summed E-state index contributed by atoms with van der Waals surface area (Å²) < 4.78 is 16.6. The Hall–Kier alpha value is -2.80. The monoisotopic (exact) mass is 360 g/mol. The summed E-state index contributed by atoms with van der Waals surface area (Å²) >= 11 is 0. The molecule has 7 heteroatoms. The van der Waals surface area contributed by atoms with Crippen LogP contribution >= 0.6 is 0 Å². The van der Waals surface area contributed by atoms with Crippen LogP contribution in [0.15, 0.2) is 24.3 Å². The van der Waals surface area contributed by atoms with Gasteiger partial charge in [0, 0.05) is 33.3 Å². The average Bonchev–Trinajstić information content (AvgIpc) is 2.59. The quantitative estimate of drug-likeness (QED) is 0.415. The van der Waals surface area contributed by atoms with Gasteiger partial charge in [-0.15, -0.1) is 0 Å². The Balaban J connectivity index is 2.40. The predicted molar refractivity (Wildman–Crippen MR) is 101 cm³/mol. The van der Waals surface area contributed by atoms with Crippen molar-refractivity contribution in [3.8, 4) is 17.2 Å². The standard InChI is InChI=1S/C19H24N2O5/c1-12-9-18(13(2)14(3)19(12)25-11-24-6)26-15-7-8-16(21(22)23)17(10-15)20(4)5/h7-10H,11H2,1-6H3. The smallest absolute Gasteiger partial charge is 0.292 e. The van der Waals surface area contributed by atoms with Crippen molar-refractivity contribution in [3.05, 3.63) is 51.1 Å². The maximum absolute atomic E-state index is 11.2. The van der Waals surface area contributed by atoms with Crippen LogP contribution in [-0.4, -0.2) is 32.9 Å². The third-order valence-electron chi connectivity index (χ3n) is 4.15. The molecule has 0 saturated heterocycles. The SMILES string of the molecule is COCOc1c(C)cc(Oc2ccc([N+](=O)[O-])c(N(C)C)c2)c(C)c1C. The third kappa shape index (κ3) is 4.05. The van der Waals surface area contributed by atoms with E-state index < -0.39 is 4.92 Å². The van der Waals surface area contributed by atoms with Gasteiger partial charge in [0.05, 0.1) is 4.92 Å². The molecule has 0 N–H and O–H groups in total. The number of ether oxygens (including phenoxy) is 3. The lowest BCUT2D eigenvalue weighted by molar-refractivity contribution is -0.384. The lowest BCUT2D eigenvalue weighted by atomic mass is 10.0. The van der Waals surface area contributed by atoms with E-state index >= 15 is 0 Å². The van der Waals surface area contributed by atoms with Crippen molar-refractivity contribution in [2.75, 3.05) is 32.9 Å². The van der Waals surface area contributed by atoms with Crippen LogP contribution in [0.3, 0.4) is 0 Å². The zero-order valence-electron chi connectivity index (χ0n) is 16.0. The molecule has 0 unspecified atom stereocenters. The zero-order valence-corrected chi connectivity index (χ0v) is 16.0. The van der Waals surface area contributed by atoms with Gasteiger partial charge in [-0.05, 0) is 49.6 Å². The van der Waals surface area contributed by atoms with Crippen molar-refractivity contribution in [1.29, 1.82) is 0 Å². The average molecular weight is 360 g/mol. The van der Waals surface area contributed by atoms with Crippen LogP contribution < -0.4 is 14.4 Å². The second-order valence-corrected chi connectivity index (χ2v) is 6.23. The van der Waals surface area contributed by atoms with Crippen LogP contribution in [0.2, 0.25) is 0 Å². The van der Waals surface area contributed by atoms with Crippen LogP contribution in [0.1, 0.15) is 16.7 Å². The van der Waals surface area contributed by atoms with Gasteiger partial charge in [-0.25, -0.2) is 0 Å².